The summed E-state index contributed by atoms with van der Waals surface area (Å²) < 4.78 is 40.9. The maximum absolute atomic E-state index is 13.4. The predicted octanol–water partition coefficient (Wildman–Crippen LogP) is 3.93. The topological polar surface area (TPSA) is 86.8 Å². The molecule has 0 radical (unpaired) electrons. The molecule has 0 saturated carbocycles. The number of sulfonamides is 1. The van der Waals surface area contributed by atoms with Crippen LogP contribution in [-0.2, 0) is 26.2 Å². The Balaban J connectivity index is 1.84. The minimum Gasteiger partial charge on any atom is -0.352 e. The number of nitrogens with one attached hydrogen (secondary N) is 1. The first-order chi connectivity index (χ1) is 17.0. The smallest absolute Gasteiger partial charge is 0.243 e. The molecule has 2 amide bonds. The van der Waals surface area contributed by atoms with Gasteiger partial charge >= 0.3 is 0 Å². The largest absolute Gasteiger partial charge is 0.352 e. The first-order valence-corrected chi connectivity index (χ1v) is 13.3. The lowest BCUT2D eigenvalue weighted by Gasteiger charge is -2.31. The predicted molar refractivity (Wildman–Crippen MR) is 138 cm³/mol. The van der Waals surface area contributed by atoms with Crippen LogP contribution in [0.25, 0.3) is 10.8 Å². The second-order valence-corrected chi connectivity index (χ2v) is 11.0. The molecule has 7 nitrogen and oxygen atoms in total. The van der Waals surface area contributed by atoms with E-state index in [4.69, 9.17) is 0 Å². The van der Waals surface area contributed by atoms with Crippen LogP contribution in [-0.4, -0.2) is 55.1 Å². The van der Waals surface area contributed by atoms with Gasteiger partial charge < -0.3 is 10.2 Å². The van der Waals surface area contributed by atoms with Crippen LogP contribution in [0, 0.1) is 5.82 Å². The zero-order valence-electron chi connectivity index (χ0n) is 20.9. The Bertz CT molecular complexity index is 1330. The van der Waals surface area contributed by atoms with Crippen LogP contribution in [0.2, 0.25) is 0 Å². The van der Waals surface area contributed by atoms with Crippen LogP contribution in [0.1, 0.15) is 32.8 Å². The fraction of sp³-hybridized carbons (Fsp3) is 0.333. The van der Waals surface area contributed by atoms with Crippen molar-refractivity contribution in [2.75, 3.05) is 13.6 Å². The number of benzene rings is 3. The molecule has 3 aromatic carbocycles. The first-order valence-electron chi connectivity index (χ1n) is 11.8. The highest BCUT2D eigenvalue weighted by atomic mass is 32.2. The number of carbonyl (C=O) groups excluding carboxylic acids is 2. The van der Waals surface area contributed by atoms with Crippen molar-refractivity contribution in [3.63, 3.8) is 0 Å². The van der Waals surface area contributed by atoms with Gasteiger partial charge in [0.05, 0.1) is 11.4 Å². The fourth-order valence-corrected chi connectivity index (χ4v) is 4.86. The highest BCUT2D eigenvalue weighted by Gasteiger charge is 2.30. The summed E-state index contributed by atoms with van der Waals surface area (Å²) in [6.45, 7) is 4.96. The lowest BCUT2D eigenvalue weighted by molar-refractivity contribution is -0.140. The summed E-state index contributed by atoms with van der Waals surface area (Å²) in [4.78, 5) is 27.6. The van der Waals surface area contributed by atoms with E-state index in [1.807, 2.05) is 38.1 Å². The molecule has 0 bridgehead atoms. The molecule has 2 atom stereocenters. The molecule has 3 aromatic rings. The molecule has 0 spiro atoms. The lowest BCUT2D eigenvalue weighted by Crippen LogP contribution is -2.51. The molecular weight excluding hydrogens is 481 g/mol. The Morgan fingerprint density at radius 1 is 0.972 bits per heavy atom. The van der Waals surface area contributed by atoms with E-state index in [2.05, 4.69) is 5.32 Å². The van der Waals surface area contributed by atoms with Crippen LogP contribution in [0.5, 0.6) is 0 Å². The van der Waals surface area contributed by atoms with E-state index in [1.165, 1.54) is 42.3 Å². The Labute approximate surface area is 212 Å². The average molecular weight is 514 g/mol. The van der Waals surface area contributed by atoms with Gasteiger partial charge in [0.1, 0.15) is 11.9 Å². The second kappa shape index (κ2) is 11.6. The van der Waals surface area contributed by atoms with E-state index in [9.17, 15) is 22.4 Å². The normalized spacial score (nSPS) is 13.4. The molecule has 3 rings (SSSR count). The Hall–Kier alpha value is -3.30. The molecule has 0 aliphatic heterocycles. The molecular formula is C27H32FN3O4S. The number of nitrogens with zero attached hydrogens (tertiary/aromatic N) is 2. The second-order valence-electron chi connectivity index (χ2n) is 8.91. The van der Waals surface area contributed by atoms with E-state index >= 15 is 0 Å². The van der Waals surface area contributed by atoms with Crippen molar-refractivity contribution in [1.29, 1.82) is 0 Å². The third-order valence-electron chi connectivity index (χ3n) is 6.22. The number of carbonyl (C=O) groups is 2. The zero-order chi connectivity index (χ0) is 26.5. The van der Waals surface area contributed by atoms with Gasteiger partial charge in [-0.15, -0.1) is 0 Å². The molecule has 0 fully saturated rings. The summed E-state index contributed by atoms with van der Waals surface area (Å²) in [5.74, 6) is -1.31. The van der Waals surface area contributed by atoms with Crippen molar-refractivity contribution < 1.29 is 22.4 Å². The third kappa shape index (κ3) is 6.47. The zero-order valence-corrected chi connectivity index (χ0v) is 21.8. The van der Waals surface area contributed by atoms with Crippen molar-refractivity contribution in [3.8, 4) is 0 Å². The number of hydrogen-bond acceptors (Lipinski definition) is 4. The molecule has 0 aliphatic rings. The van der Waals surface area contributed by atoms with Crippen LogP contribution in [0.3, 0.4) is 0 Å². The van der Waals surface area contributed by atoms with Gasteiger partial charge in [-0.1, -0.05) is 49.4 Å². The van der Waals surface area contributed by atoms with Crippen LogP contribution >= 0.6 is 0 Å². The van der Waals surface area contributed by atoms with Gasteiger partial charge in [0, 0.05) is 19.6 Å². The molecule has 36 heavy (non-hydrogen) atoms. The molecule has 0 aliphatic carbocycles. The Morgan fingerprint density at radius 3 is 2.25 bits per heavy atom. The van der Waals surface area contributed by atoms with E-state index in [1.54, 1.807) is 19.1 Å². The summed E-state index contributed by atoms with van der Waals surface area (Å²) >= 11 is 0. The van der Waals surface area contributed by atoms with Crippen molar-refractivity contribution in [3.05, 3.63) is 78.1 Å². The molecule has 0 heterocycles. The van der Waals surface area contributed by atoms with E-state index in [-0.39, 0.29) is 23.4 Å². The number of amides is 2. The highest BCUT2D eigenvalue weighted by Crippen LogP contribution is 2.22. The van der Waals surface area contributed by atoms with Gasteiger partial charge in [-0.05, 0) is 60.9 Å². The van der Waals surface area contributed by atoms with Crippen LogP contribution in [0.4, 0.5) is 4.39 Å². The highest BCUT2D eigenvalue weighted by molar-refractivity contribution is 7.89. The average Bonchev–Trinajstić information content (AvgIpc) is 2.87. The fourth-order valence-electron chi connectivity index (χ4n) is 3.71. The minimum absolute atomic E-state index is 0.0259. The van der Waals surface area contributed by atoms with Crippen molar-refractivity contribution in [2.24, 2.45) is 0 Å². The number of likely N-dealkylation sites (N-methyl/N-ethyl adjacent to an activating group) is 1. The van der Waals surface area contributed by atoms with Gasteiger partial charge in [0.2, 0.25) is 21.8 Å². The molecule has 2 unspecified atom stereocenters. The molecule has 192 valence electrons. The van der Waals surface area contributed by atoms with Crippen molar-refractivity contribution >= 4 is 32.6 Å². The van der Waals surface area contributed by atoms with E-state index in [0.717, 1.165) is 21.5 Å². The quantitative estimate of drug-likeness (QED) is 0.445. The number of fused-ring (bicyclic) bond motifs is 1. The summed E-state index contributed by atoms with van der Waals surface area (Å²) in [5.41, 5.74) is 0.618. The summed E-state index contributed by atoms with van der Waals surface area (Å²) in [7, 11) is -2.64. The molecule has 0 aromatic heterocycles. The minimum atomic E-state index is -3.97. The van der Waals surface area contributed by atoms with Crippen molar-refractivity contribution in [2.45, 2.75) is 50.7 Å². The van der Waals surface area contributed by atoms with Gasteiger partial charge in [-0.2, -0.15) is 4.31 Å². The number of halogens is 1. The summed E-state index contributed by atoms with van der Waals surface area (Å²) in [6, 6.07) is 16.9. The Kier molecular flexibility index (Phi) is 8.81. The van der Waals surface area contributed by atoms with Crippen molar-refractivity contribution in [1.82, 2.24) is 14.5 Å². The van der Waals surface area contributed by atoms with Crippen LogP contribution in [0.15, 0.2) is 71.6 Å². The van der Waals surface area contributed by atoms with Gasteiger partial charge in [0.25, 0.3) is 0 Å². The molecule has 0 saturated heterocycles. The summed E-state index contributed by atoms with van der Waals surface area (Å²) in [5, 5.41) is 4.54. The first kappa shape index (κ1) is 27.3. The van der Waals surface area contributed by atoms with E-state index in [0.29, 0.717) is 5.56 Å². The number of hydrogen-bond donors (Lipinski definition) is 1. The van der Waals surface area contributed by atoms with Gasteiger partial charge in [0.15, 0.2) is 0 Å². The summed E-state index contributed by atoms with van der Waals surface area (Å²) in [6.07, 6.45) is 0.719. The SMILES string of the molecule is CCC(C)NC(=O)C(C)N(Cc1ccc(F)cc1)C(=O)CN(C)S(=O)(=O)c1ccc2ccccc2c1. The maximum atomic E-state index is 13.4. The monoisotopic (exact) mass is 513 g/mol. The molecule has 1 N–H and O–H groups in total. The maximum Gasteiger partial charge on any atom is 0.243 e. The lowest BCUT2D eigenvalue weighted by atomic mass is 10.1. The van der Waals surface area contributed by atoms with Gasteiger partial charge in [-0.3, -0.25) is 9.59 Å². The van der Waals surface area contributed by atoms with E-state index < -0.39 is 34.3 Å². The Morgan fingerprint density at radius 2 is 1.61 bits per heavy atom. The van der Waals surface area contributed by atoms with Gasteiger partial charge in [-0.25, -0.2) is 12.8 Å². The standard InChI is InChI=1S/C27H32FN3O4S/c1-5-19(2)29-27(33)20(3)31(17-21-10-13-24(28)14-11-21)26(32)18-30(4)36(34,35)25-15-12-22-8-6-7-9-23(22)16-25/h6-16,19-20H,5,17-18H2,1-4H3,(H,29,33). The van der Waals surface area contributed by atoms with Crippen LogP contribution < -0.4 is 5.32 Å². The third-order valence-corrected chi connectivity index (χ3v) is 8.02. The molecule has 9 heteroatoms. The number of rotatable bonds is 10.